The lowest BCUT2D eigenvalue weighted by molar-refractivity contribution is -0.132. The van der Waals surface area contributed by atoms with E-state index in [0.717, 1.165) is 29.3 Å². The fourth-order valence-electron chi connectivity index (χ4n) is 5.78. The van der Waals surface area contributed by atoms with E-state index in [9.17, 15) is 31.9 Å². The average molecular weight is 715 g/mol. The van der Waals surface area contributed by atoms with Gasteiger partial charge in [0.15, 0.2) is 0 Å². The lowest BCUT2D eigenvalue weighted by Gasteiger charge is -2.34. The Labute approximate surface area is 293 Å². The minimum absolute atomic E-state index is 0.0550. The largest absolute Gasteiger partial charge is 0.493 e. The van der Waals surface area contributed by atoms with E-state index in [4.69, 9.17) is 4.74 Å². The maximum atomic E-state index is 14.0. The number of hydrogen-bond donors (Lipinski definition) is 4. The Bertz CT molecular complexity index is 1730. The topological polar surface area (TPSA) is 137 Å². The molecule has 0 bridgehead atoms. The molecule has 0 saturated heterocycles. The van der Waals surface area contributed by atoms with E-state index in [1.165, 1.54) is 10.4 Å². The summed E-state index contributed by atoms with van der Waals surface area (Å²) in [6.07, 6.45) is -0.543. The van der Waals surface area contributed by atoms with Crippen LogP contribution in [0, 0.1) is 23.0 Å². The van der Waals surface area contributed by atoms with Gasteiger partial charge < -0.3 is 25.8 Å². The summed E-state index contributed by atoms with van der Waals surface area (Å²) in [5.41, 5.74) is 0.885. The van der Waals surface area contributed by atoms with Crippen molar-refractivity contribution < 1.29 is 36.6 Å². The Morgan fingerprint density at radius 1 is 0.980 bits per heavy atom. The number of sulfonamides is 1. The van der Waals surface area contributed by atoms with E-state index in [1.54, 1.807) is 32.9 Å². The van der Waals surface area contributed by atoms with Gasteiger partial charge >= 0.3 is 0 Å². The van der Waals surface area contributed by atoms with Crippen molar-refractivity contribution in [3.05, 3.63) is 95.1 Å². The van der Waals surface area contributed by atoms with Crippen LogP contribution >= 0.6 is 0 Å². The molecule has 0 aromatic heterocycles. The van der Waals surface area contributed by atoms with Gasteiger partial charge in [0.05, 0.1) is 30.2 Å². The fourth-order valence-corrected chi connectivity index (χ4v) is 7.45. The molecule has 0 fully saturated rings. The van der Waals surface area contributed by atoms with Gasteiger partial charge in [0.25, 0.3) is 0 Å². The smallest absolute Gasteiger partial charge is 0.243 e. The summed E-state index contributed by atoms with van der Waals surface area (Å²) in [6.45, 7) is 9.02. The van der Waals surface area contributed by atoms with Crippen molar-refractivity contribution in [1.29, 1.82) is 0 Å². The molecule has 10 nitrogen and oxygen atoms in total. The number of aliphatic hydroxyl groups excluding tert-OH is 1. The molecule has 2 unspecified atom stereocenters. The summed E-state index contributed by atoms with van der Waals surface area (Å²) < 4.78 is 62.3. The van der Waals surface area contributed by atoms with Crippen molar-refractivity contribution in [3.8, 4) is 5.75 Å². The minimum Gasteiger partial charge on any atom is -0.493 e. The summed E-state index contributed by atoms with van der Waals surface area (Å²) in [4.78, 5) is 27.0. The van der Waals surface area contributed by atoms with Crippen LogP contribution in [0.15, 0.2) is 71.6 Å². The highest BCUT2D eigenvalue weighted by atomic mass is 32.2. The number of aliphatic hydroxyl groups is 1. The molecule has 1 heterocycles. The standard InChI is InChI=1S/C37H48F2N4O6S/c1-24(2)22-43(50(47,48)29-12-14-33-26(19-29)15-16-49-33)23-32(44)31(17-25-9-7-6-8-10-25)41-36(46)35(37(3,4)5)42-34(45)21-40-20-27-18-28(38)11-13-30(27)39/h6-14,18-19,24,31-32,35,40,44H,15-17,20-23H2,1-5H3,(H,41,46)(H,42,45)/t31?,32?,35-/m1/s1. The first kappa shape index (κ1) is 38.9. The number of nitrogens with one attached hydrogen (secondary N) is 3. The monoisotopic (exact) mass is 714 g/mol. The SMILES string of the molecule is CC(C)CN(CC(O)C(Cc1ccccc1)NC(=O)[C@@H](NC(=O)CNCc1cc(F)ccc1F)C(C)(C)C)S(=O)(=O)c1ccc2c(c1)CCO2. The summed E-state index contributed by atoms with van der Waals surface area (Å²) in [5, 5.41) is 20.1. The maximum Gasteiger partial charge on any atom is 0.243 e. The molecule has 0 spiro atoms. The predicted octanol–water partition coefficient (Wildman–Crippen LogP) is 3.96. The maximum absolute atomic E-state index is 14.0. The molecule has 272 valence electrons. The zero-order chi connectivity index (χ0) is 36.6. The highest BCUT2D eigenvalue weighted by Gasteiger charge is 2.37. The van der Waals surface area contributed by atoms with Gasteiger partial charge in [-0.15, -0.1) is 0 Å². The minimum atomic E-state index is -4.04. The molecule has 3 aromatic rings. The number of halogens is 2. The second kappa shape index (κ2) is 16.9. The molecule has 2 amide bonds. The van der Waals surface area contributed by atoms with Crippen LogP contribution in [-0.2, 0) is 39.0 Å². The number of hydrogen-bond acceptors (Lipinski definition) is 7. The second-order valence-electron chi connectivity index (χ2n) is 14.2. The highest BCUT2D eigenvalue weighted by molar-refractivity contribution is 7.89. The lowest BCUT2D eigenvalue weighted by Crippen LogP contribution is -2.59. The first-order valence-corrected chi connectivity index (χ1v) is 18.2. The number of benzene rings is 3. The van der Waals surface area contributed by atoms with Crippen LogP contribution in [0.3, 0.4) is 0 Å². The molecule has 1 aliphatic heterocycles. The van der Waals surface area contributed by atoms with E-state index in [2.05, 4.69) is 16.0 Å². The molecular weight excluding hydrogens is 666 g/mol. The quantitative estimate of drug-likeness (QED) is 0.177. The van der Waals surface area contributed by atoms with Gasteiger partial charge in [-0.2, -0.15) is 4.31 Å². The lowest BCUT2D eigenvalue weighted by atomic mass is 9.85. The summed E-state index contributed by atoms with van der Waals surface area (Å²) in [5.74, 6) is -1.75. The van der Waals surface area contributed by atoms with Crippen LogP contribution in [0.5, 0.6) is 5.75 Å². The van der Waals surface area contributed by atoms with E-state index < -0.39 is 57.1 Å². The van der Waals surface area contributed by atoms with Crippen molar-refractivity contribution in [3.63, 3.8) is 0 Å². The molecule has 4 N–H and O–H groups in total. The zero-order valence-corrected chi connectivity index (χ0v) is 30.0. The van der Waals surface area contributed by atoms with Crippen LogP contribution in [0.25, 0.3) is 0 Å². The van der Waals surface area contributed by atoms with Crippen LogP contribution < -0.4 is 20.7 Å². The van der Waals surface area contributed by atoms with Gasteiger partial charge in [0.2, 0.25) is 21.8 Å². The number of amides is 2. The van der Waals surface area contributed by atoms with E-state index in [0.29, 0.717) is 18.8 Å². The molecule has 3 atom stereocenters. The van der Waals surface area contributed by atoms with Gasteiger partial charge in [-0.25, -0.2) is 17.2 Å². The van der Waals surface area contributed by atoms with Crippen LogP contribution in [0.2, 0.25) is 0 Å². The molecule has 3 aromatic carbocycles. The number of ether oxygens (including phenoxy) is 1. The highest BCUT2D eigenvalue weighted by Crippen LogP contribution is 2.29. The zero-order valence-electron chi connectivity index (χ0n) is 29.2. The number of carbonyl (C=O) groups excluding carboxylic acids is 2. The fraction of sp³-hybridized carbons (Fsp3) is 0.459. The Morgan fingerprint density at radius 3 is 2.38 bits per heavy atom. The van der Waals surface area contributed by atoms with Gasteiger partial charge in [0, 0.05) is 31.6 Å². The van der Waals surface area contributed by atoms with Crippen molar-refractivity contribution in [2.75, 3.05) is 26.2 Å². The Hall–Kier alpha value is -3.91. The molecule has 0 saturated carbocycles. The van der Waals surface area contributed by atoms with Crippen LogP contribution in [-0.4, -0.2) is 74.1 Å². The molecule has 4 rings (SSSR count). The molecule has 1 aliphatic rings. The predicted molar refractivity (Wildman–Crippen MR) is 187 cm³/mol. The van der Waals surface area contributed by atoms with Crippen molar-refractivity contribution >= 4 is 21.8 Å². The van der Waals surface area contributed by atoms with Crippen molar-refractivity contribution in [2.24, 2.45) is 11.3 Å². The third kappa shape index (κ3) is 10.5. The first-order chi connectivity index (χ1) is 23.5. The third-order valence-corrected chi connectivity index (χ3v) is 10.2. The Kier molecular flexibility index (Phi) is 13.1. The van der Waals surface area contributed by atoms with E-state index in [1.807, 2.05) is 44.2 Å². The van der Waals surface area contributed by atoms with Gasteiger partial charge in [0.1, 0.15) is 23.4 Å². The number of fused-ring (bicyclic) bond motifs is 1. The van der Waals surface area contributed by atoms with Crippen LogP contribution in [0.4, 0.5) is 8.78 Å². The number of carbonyl (C=O) groups is 2. The molecule has 13 heteroatoms. The summed E-state index contributed by atoms with van der Waals surface area (Å²) >= 11 is 0. The Balaban J connectivity index is 1.52. The van der Waals surface area contributed by atoms with E-state index in [-0.39, 0.29) is 49.0 Å². The summed E-state index contributed by atoms with van der Waals surface area (Å²) in [7, 11) is -4.04. The molecule has 50 heavy (non-hydrogen) atoms. The van der Waals surface area contributed by atoms with E-state index >= 15 is 0 Å². The average Bonchev–Trinajstić information content (AvgIpc) is 3.52. The Morgan fingerprint density at radius 2 is 1.70 bits per heavy atom. The molecule has 0 aliphatic carbocycles. The third-order valence-electron chi connectivity index (χ3n) is 8.39. The van der Waals surface area contributed by atoms with Crippen LogP contribution in [0.1, 0.15) is 51.3 Å². The van der Waals surface area contributed by atoms with Crippen molar-refractivity contribution in [1.82, 2.24) is 20.3 Å². The number of rotatable bonds is 16. The summed E-state index contributed by atoms with van der Waals surface area (Å²) in [6, 6.07) is 15.0. The van der Waals surface area contributed by atoms with Gasteiger partial charge in [-0.1, -0.05) is 65.0 Å². The molecular formula is C37H48F2N4O6S. The first-order valence-electron chi connectivity index (χ1n) is 16.8. The van der Waals surface area contributed by atoms with Gasteiger partial charge in [-0.05, 0) is 65.3 Å². The second-order valence-corrected chi connectivity index (χ2v) is 16.1. The molecule has 0 radical (unpaired) electrons. The number of nitrogens with zero attached hydrogens (tertiary/aromatic N) is 1. The van der Waals surface area contributed by atoms with Crippen molar-refractivity contribution in [2.45, 2.75) is 77.1 Å². The van der Waals surface area contributed by atoms with Gasteiger partial charge in [-0.3, -0.25) is 9.59 Å². The normalized spacial score (nSPS) is 14.9.